The number of aliphatic hydroxyl groups is 5. The van der Waals surface area contributed by atoms with Gasteiger partial charge in [0.2, 0.25) is 5.91 Å². The fourth-order valence-electron chi connectivity index (χ4n) is 3.24. The second-order valence-electron chi connectivity index (χ2n) is 6.87. The summed E-state index contributed by atoms with van der Waals surface area (Å²) in [5.41, 5.74) is 0.333. The first-order chi connectivity index (χ1) is 13.1. The van der Waals surface area contributed by atoms with Crippen molar-refractivity contribution in [2.45, 2.75) is 56.0 Å². The summed E-state index contributed by atoms with van der Waals surface area (Å²) in [4.78, 5) is 21.6. The minimum Gasteiger partial charge on any atom is -0.394 e. The van der Waals surface area contributed by atoms with Gasteiger partial charge in [-0.1, -0.05) is 12.1 Å². The lowest BCUT2D eigenvalue weighted by Crippen LogP contribution is -2.66. The Morgan fingerprint density at radius 1 is 1.39 bits per heavy atom. The van der Waals surface area contributed by atoms with Gasteiger partial charge in [0, 0.05) is 31.9 Å². The Morgan fingerprint density at radius 3 is 2.50 bits per heavy atom. The molecule has 1 amide bonds. The van der Waals surface area contributed by atoms with Gasteiger partial charge in [-0.2, -0.15) is 0 Å². The molecular weight excluding hydrogens is 376 g/mol. The summed E-state index contributed by atoms with van der Waals surface area (Å²) in [5, 5.41) is 63.5. The van der Waals surface area contributed by atoms with E-state index in [-0.39, 0.29) is 18.5 Å². The van der Waals surface area contributed by atoms with Crippen LogP contribution in [-0.2, 0) is 16.0 Å². The molecular formula is C17H24N2O9. The van der Waals surface area contributed by atoms with E-state index in [4.69, 9.17) is 9.84 Å². The van der Waals surface area contributed by atoms with Crippen molar-refractivity contribution in [2.75, 3.05) is 6.61 Å². The summed E-state index contributed by atoms with van der Waals surface area (Å²) in [6, 6.07) is 4.20. The summed E-state index contributed by atoms with van der Waals surface area (Å²) in [7, 11) is 0. The fourth-order valence-corrected chi connectivity index (χ4v) is 3.24. The van der Waals surface area contributed by atoms with Gasteiger partial charge in [-0.15, -0.1) is 0 Å². The van der Waals surface area contributed by atoms with Gasteiger partial charge in [0.25, 0.3) is 5.69 Å². The van der Waals surface area contributed by atoms with Crippen molar-refractivity contribution in [2.24, 2.45) is 0 Å². The predicted octanol–water partition coefficient (Wildman–Crippen LogP) is -1.81. The highest BCUT2D eigenvalue weighted by molar-refractivity contribution is 5.73. The largest absolute Gasteiger partial charge is 0.394 e. The average Bonchev–Trinajstić information content (AvgIpc) is 2.62. The van der Waals surface area contributed by atoms with Gasteiger partial charge in [0.15, 0.2) is 5.79 Å². The number of carbonyl (C=O) groups excluding carboxylic acids is 1. The average molecular weight is 400 g/mol. The van der Waals surface area contributed by atoms with E-state index in [1.54, 1.807) is 0 Å². The van der Waals surface area contributed by atoms with Crippen molar-refractivity contribution in [3.8, 4) is 0 Å². The number of amides is 1. The maximum atomic E-state index is 11.4. The normalized spacial score (nSPS) is 29.7. The van der Waals surface area contributed by atoms with Crippen molar-refractivity contribution >= 4 is 11.6 Å². The van der Waals surface area contributed by atoms with Gasteiger partial charge in [0.05, 0.1) is 23.7 Å². The zero-order chi connectivity index (χ0) is 21.1. The number of nitrogens with zero attached hydrogens (tertiary/aromatic N) is 1. The Hall–Kier alpha value is -2.15. The number of hydrogen-bond acceptors (Lipinski definition) is 9. The minimum atomic E-state index is -1.98. The third kappa shape index (κ3) is 5.22. The topological polar surface area (TPSA) is 183 Å². The molecule has 1 saturated heterocycles. The molecule has 1 fully saturated rings. The number of hydrogen-bond donors (Lipinski definition) is 6. The van der Waals surface area contributed by atoms with E-state index in [1.807, 2.05) is 0 Å². The molecule has 0 bridgehead atoms. The highest BCUT2D eigenvalue weighted by atomic mass is 16.6. The second kappa shape index (κ2) is 8.90. The summed E-state index contributed by atoms with van der Waals surface area (Å²) in [5.74, 6) is -2.50. The molecule has 11 nitrogen and oxygen atoms in total. The van der Waals surface area contributed by atoms with Crippen LogP contribution >= 0.6 is 0 Å². The van der Waals surface area contributed by atoms with E-state index in [0.717, 1.165) is 0 Å². The van der Waals surface area contributed by atoms with E-state index < -0.39 is 53.7 Å². The van der Waals surface area contributed by atoms with Gasteiger partial charge < -0.3 is 35.6 Å². The molecule has 2 rings (SSSR count). The number of nitro groups is 1. The molecule has 0 saturated carbocycles. The van der Waals surface area contributed by atoms with Gasteiger partial charge in [-0.05, 0) is 5.56 Å². The molecule has 1 aromatic rings. The SMILES string of the molecule is CC(=O)N[C@H]1[C@H]([C@H](O)[C@H](O)CO)O[C@](O)(Cc2ccc([N+](=O)[O-])cc2)C[C@@H]1O. The highest BCUT2D eigenvalue weighted by Gasteiger charge is 2.49. The quantitative estimate of drug-likeness (QED) is 0.227. The van der Waals surface area contributed by atoms with Crippen LogP contribution in [0.15, 0.2) is 24.3 Å². The van der Waals surface area contributed by atoms with Crippen LogP contribution in [0.25, 0.3) is 0 Å². The molecule has 0 unspecified atom stereocenters. The van der Waals surface area contributed by atoms with Crippen LogP contribution in [0.1, 0.15) is 18.9 Å². The highest BCUT2D eigenvalue weighted by Crippen LogP contribution is 2.33. The van der Waals surface area contributed by atoms with E-state index >= 15 is 0 Å². The van der Waals surface area contributed by atoms with Crippen LogP contribution in [0.5, 0.6) is 0 Å². The fraction of sp³-hybridized carbons (Fsp3) is 0.588. The van der Waals surface area contributed by atoms with E-state index in [1.165, 1.54) is 31.2 Å². The number of non-ortho nitro benzene ring substituents is 1. The first kappa shape index (κ1) is 22.1. The number of rotatable bonds is 7. The van der Waals surface area contributed by atoms with Crippen LogP contribution in [0.4, 0.5) is 5.69 Å². The molecule has 0 aromatic heterocycles. The first-order valence-corrected chi connectivity index (χ1v) is 8.62. The molecule has 1 heterocycles. The van der Waals surface area contributed by atoms with Crippen molar-refractivity contribution in [1.29, 1.82) is 0 Å². The minimum absolute atomic E-state index is 0.134. The molecule has 1 aliphatic heterocycles. The lowest BCUT2D eigenvalue weighted by atomic mass is 9.86. The smallest absolute Gasteiger partial charge is 0.269 e. The molecule has 6 N–H and O–H groups in total. The number of benzene rings is 1. The monoisotopic (exact) mass is 400 g/mol. The van der Waals surface area contributed by atoms with E-state index in [2.05, 4.69) is 5.32 Å². The second-order valence-corrected chi connectivity index (χ2v) is 6.87. The van der Waals surface area contributed by atoms with E-state index in [9.17, 15) is 35.3 Å². The third-order valence-corrected chi connectivity index (χ3v) is 4.57. The van der Waals surface area contributed by atoms with Crippen molar-refractivity contribution < 1.29 is 40.0 Å². The number of nitrogens with one attached hydrogen (secondary N) is 1. The number of aliphatic hydroxyl groups excluding tert-OH is 4. The van der Waals surface area contributed by atoms with Crippen LogP contribution in [0.2, 0.25) is 0 Å². The molecule has 1 aromatic carbocycles. The number of nitro benzene ring substituents is 1. The van der Waals surface area contributed by atoms with Crippen molar-refractivity contribution in [3.63, 3.8) is 0 Å². The standard InChI is InChI=1S/C17H24N2O9/c1-9(21)18-14-12(22)7-17(25,28-16(14)15(24)13(23)8-20)6-10-2-4-11(5-3-10)19(26)27/h2-5,12-16,20,22-25H,6-8H2,1H3,(H,18,21)/t12-,13+,14+,15+,16+,17+/m0/s1. The molecule has 6 atom stereocenters. The lowest BCUT2D eigenvalue weighted by molar-refractivity contribution is -0.384. The Labute approximate surface area is 160 Å². The molecule has 28 heavy (non-hydrogen) atoms. The third-order valence-electron chi connectivity index (χ3n) is 4.57. The van der Waals surface area contributed by atoms with Crippen molar-refractivity contribution in [3.05, 3.63) is 39.9 Å². The van der Waals surface area contributed by atoms with Crippen LogP contribution in [0, 0.1) is 10.1 Å². The van der Waals surface area contributed by atoms with Gasteiger partial charge >= 0.3 is 0 Å². The lowest BCUT2D eigenvalue weighted by Gasteiger charge is -2.46. The summed E-state index contributed by atoms with van der Waals surface area (Å²) < 4.78 is 5.55. The van der Waals surface area contributed by atoms with Gasteiger partial charge in [0.1, 0.15) is 18.3 Å². The molecule has 11 heteroatoms. The Morgan fingerprint density at radius 2 is 2.00 bits per heavy atom. The maximum absolute atomic E-state index is 11.4. The Balaban J connectivity index is 2.24. The first-order valence-electron chi connectivity index (χ1n) is 8.62. The zero-order valence-electron chi connectivity index (χ0n) is 15.1. The molecule has 156 valence electrons. The Kier molecular flexibility index (Phi) is 7.04. The van der Waals surface area contributed by atoms with Crippen LogP contribution < -0.4 is 5.32 Å². The summed E-state index contributed by atoms with van der Waals surface area (Å²) in [6.45, 7) is 0.390. The van der Waals surface area contributed by atoms with Crippen LogP contribution in [-0.4, -0.2) is 79.2 Å². The van der Waals surface area contributed by atoms with Gasteiger partial charge in [-0.3, -0.25) is 14.9 Å². The molecule has 0 aliphatic carbocycles. The van der Waals surface area contributed by atoms with Crippen molar-refractivity contribution in [1.82, 2.24) is 5.32 Å². The predicted molar refractivity (Wildman–Crippen MR) is 94.0 cm³/mol. The van der Waals surface area contributed by atoms with E-state index in [0.29, 0.717) is 5.56 Å². The van der Waals surface area contributed by atoms with Gasteiger partial charge in [-0.25, -0.2) is 0 Å². The molecule has 0 spiro atoms. The summed E-state index contributed by atoms with van der Waals surface area (Å²) >= 11 is 0. The maximum Gasteiger partial charge on any atom is 0.269 e. The molecule has 0 radical (unpaired) electrons. The summed E-state index contributed by atoms with van der Waals surface area (Å²) in [6.07, 6.45) is -6.58. The zero-order valence-corrected chi connectivity index (χ0v) is 15.1. The molecule has 1 aliphatic rings. The number of ether oxygens (including phenoxy) is 1. The van der Waals surface area contributed by atoms with Crippen LogP contribution in [0.3, 0.4) is 0 Å². The Bertz CT molecular complexity index is 698. The number of carbonyl (C=O) groups is 1.